The molecule has 1 spiro atoms. The first-order valence-electron chi connectivity index (χ1n) is 9.03. The maximum Gasteiger partial charge on any atom is 0.248 e. The topological polar surface area (TPSA) is 90.7 Å². The number of ether oxygens (including phenoxy) is 2. The van der Waals surface area contributed by atoms with Crippen molar-refractivity contribution in [3.63, 3.8) is 0 Å². The Balaban J connectivity index is 1.41. The number of carbonyl (C=O) groups is 1. The first-order chi connectivity index (χ1) is 12.9. The number of amides is 1. The molecule has 1 aromatic heterocycles. The average molecular weight is 393 g/mol. The van der Waals surface area contributed by atoms with E-state index in [9.17, 15) is 13.2 Å². The third-order valence-corrected chi connectivity index (χ3v) is 7.44. The normalized spacial score (nSPS) is 23.4. The van der Waals surface area contributed by atoms with E-state index in [0.717, 1.165) is 11.0 Å². The number of imidazole rings is 1. The molecular weight excluding hydrogens is 370 g/mol. The lowest BCUT2D eigenvalue weighted by Crippen LogP contribution is -2.71. The van der Waals surface area contributed by atoms with Crippen LogP contribution in [0.1, 0.15) is 6.92 Å². The van der Waals surface area contributed by atoms with Crippen LogP contribution in [0, 0.1) is 0 Å². The largest absolute Gasteiger partial charge is 0.372 e. The number of fused-ring (bicyclic) bond motifs is 1. The fourth-order valence-corrected chi connectivity index (χ4v) is 5.63. The second-order valence-corrected chi connectivity index (χ2v) is 9.48. The van der Waals surface area contributed by atoms with Gasteiger partial charge in [-0.3, -0.25) is 4.79 Å². The first-order valence-corrected chi connectivity index (χ1v) is 10.7. The van der Waals surface area contributed by atoms with E-state index in [1.54, 1.807) is 11.2 Å². The van der Waals surface area contributed by atoms with Gasteiger partial charge in [-0.1, -0.05) is 12.1 Å². The minimum absolute atomic E-state index is 0.0235. The molecule has 2 aliphatic heterocycles. The van der Waals surface area contributed by atoms with Gasteiger partial charge in [0.05, 0.1) is 42.8 Å². The molecule has 0 bridgehead atoms. The molecule has 4 rings (SSSR count). The lowest BCUT2D eigenvalue weighted by molar-refractivity contribution is -0.168. The summed E-state index contributed by atoms with van der Waals surface area (Å²) in [5.41, 5.74) is 0.976. The molecule has 2 fully saturated rings. The molecule has 0 unspecified atom stereocenters. The molecule has 3 heterocycles. The highest BCUT2D eigenvalue weighted by atomic mass is 32.2. The summed E-state index contributed by atoms with van der Waals surface area (Å²) in [6.07, 6.45) is 1.67. The van der Waals surface area contributed by atoms with Crippen molar-refractivity contribution >= 4 is 26.8 Å². The summed E-state index contributed by atoms with van der Waals surface area (Å²) in [5, 5.41) is -0.617. The molecule has 0 N–H and O–H groups in total. The van der Waals surface area contributed by atoms with E-state index < -0.39 is 20.7 Å². The van der Waals surface area contributed by atoms with E-state index in [1.165, 1.54) is 0 Å². The van der Waals surface area contributed by atoms with Crippen LogP contribution < -0.4 is 0 Å². The molecule has 1 atom stereocenters. The van der Waals surface area contributed by atoms with Gasteiger partial charge in [-0.15, -0.1) is 0 Å². The number of rotatable bonds is 5. The summed E-state index contributed by atoms with van der Waals surface area (Å²) in [4.78, 5) is 17.9. The van der Waals surface area contributed by atoms with Crippen molar-refractivity contribution in [2.45, 2.75) is 24.3 Å². The Morgan fingerprint density at radius 3 is 2.89 bits per heavy atom. The molecule has 8 nitrogen and oxygen atoms in total. The van der Waals surface area contributed by atoms with Crippen LogP contribution in [0.4, 0.5) is 0 Å². The van der Waals surface area contributed by atoms with E-state index in [1.807, 2.05) is 35.8 Å². The predicted molar refractivity (Wildman–Crippen MR) is 99.1 cm³/mol. The molecule has 1 aromatic carbocycles. The van der Waals surface area contributed by atoms with Crippen molar-refractivity contribution in [3.05, 3.63) is 30.6 Å². The Morgan fingerprint density at radius 1 is 1.37 bits per heavy atom. The van der Waals surface area contributed by atoms with Gasteiger partial charge >= 0.3 is 0 Å². The maximum atomic E-state index is 12.9. The fourth-order valence-electron chi connectivity index (χ4n) is 3.73. The summed E-state index contributed by atoms with van der Waals surface area (Å²) in [5.74, 6) is -0.189. The van der Waals surface area contributed by atoms with Crippen molar-refractivity contribution in [2.24, 2.45) is 0 Å². The molecule has 0 saturated carbocycles. The van der Waals surface area contributed by atoms with Crippen LogP contribution in [0.15, 0.2) is 30.6 Å². The van der Waals surface area contributed by atoms with Crippen LogP contribution in [0.25, 0.3) is 11.0 Å². The Hall–Kier alpha value is -1.97. The smallest absolute Gasteiger partial charge is 0.248 e. The van der Waals surface area contributed by atoms with Gasteiger partial charge in [0.15, 0.2) is 9.84 Å². The summed E-state index contributed by atoms with van der Waals surface area (Å²) >= 11 is 0. The van der Waals surface area contributed by atoms with E-state index in [2.05, 4.69) is 4.98 Å². The van der Waals surface area contributed by atoms with Crippen molar-refractivity contribution in [1.29, 1.82) is 0 Å². The zero-order valence-corrected chi connectivity index (χ0v) is 16.0. The Bertz CT molecular complexity index is 949. The van der Waals surface area contributed by atoms with E-state index >= 15 is 0 Å². The summed E-state index contributed by atoms with van der Waals surface area (Å²) < 4.78 is 38.6. The quantitative estimate of drug-likeness (QED) is 0.733. The SMILES string of the molecule is CCOCC(=O)N1CC2(C1)CS(=O)(=O)[C@@H](Cn1cnc3ccccc31)CO2. The number of nitrogens with zero attached hydrogens (tertiary/aromatic N) is 3. The van der Waals surface area contributed by atoms with Crippen LogP contribution in [0.3, 0.4) is 0 Å². The van der Waals surface area contributed by atoms with Crippen LogP contribution in [0.2, 0.25) is 0 Å². The Morgan fingerprint density at radius 2 is 2.15 bits per heavy atom. The monoisotopic (exact) mass is 393 g/mol. The first kappa shape index (κ1) is 18.4. The van der Waals surface area contributed by atoms with Gasteiger partial charge in [0.1, 0.15) is 17.5 Å². The van der Waals surface area contributed by atoms with Crippen molar-refractivity contribution < 1.29 is 22.7 Å². The molecule has 2 aliphatic rings. The maximum absolute atomic E-state index is 12.9. The Labute approximate surface area is 158 Å². The molecule has 2 saturated heterocycles. The highest BCUT2D eigenvalue weighted by molar-refractivity contribution is 7.92. The van der Waals surface area contributed by atoms with E-state index in [4.69, 9.17) is 9.47 Å². The molecule has 0 radical (unpaired) electrons. The number of aromatic nitrogens is 2. The number of sulfone groups is 1. The van der Waals surface area contributed by atoms with Crippen molar-refractivity contribution in [1.82, 2.24) is 14.5 Å². The second kappa shape index (κ2) is 6.88. The van der Waals surface area contributed by atoms with Crippen molar-refractivity contribution in [3.8, 4) is 0 Å². The van der Waals surface area contributed by atoms with E-state index in [-0.39, 0.29) is 24.9 Å². The van der Waals surface area contributed by atoms with Gasteiger partial charge in [-0.25, -0.2) is 13.4 Å². The van der Waals surface area contributed by atoms with E-state index in [0.29, 0.717) is 26.2 Å². The minimum atomic E-state index is -3.35. The average Bonchev–Trinajstić information content (AvgIpc) is 3.02. The molecule has 2 aromatic rings. The van der Waals surface area contributed by atoms with Gasteiger partial charge in [0.2, 0.25) is 5.91 Å². The number of para-hydroxylation sites is 2. The molecule has 0 aliphatic carbocycles. The summed E-state index contributed by atoms with van der Waals surface area (Å²) in [6.45, 7) is 3.37. The van der Waals surface area contributed by atoms with Crippen LogP contribution >= 0.6 is 0 Å². The zero-order chi connectivity index (χ0) is 19.1. The van der Waals surface area contributed by atoms with Crippen LogP contribution in [0.5, 0.6) is 0 Å². The summed E-state index contributed by atoms with van der Waals surface area (Å²) in [7, 11) is -3.35. The highest BCUT2D eigenvalue weighted by Gasteiger charge is 2.53. The molecule has 9 heteroatoms. The van der Waals surface area contributed by atoms with Gasteiger partial charge in [0, 0.05) is 13.2 Å². The Kier molecular flexibility index (Phi) is 4.69. The number of likely N-dealkylation sites (tertiary alicyclic amines) is 1. The van der Waals surface area contributed by atoms with Gasteiger partial charge in [-0.05, 0) is 19.1 Å². The molecule has 1 amide bonds. The standard InChI is InChI=1S/C18H23N3O5S/c1-2-25-9-17(22)21-10-18(11-21)12-27(23,24)14(8-26-18)7-20-13-19-15-5-3-4-6-16(15)20/h3-6,13-14H,2,7-12H2,1H3/t14-/m0/s1. The van der Waals surface area contributed by atoms with Gasteiger partial charge in [0.25, 0.3) is 0 Å². The lowest BCUT2D eigenvalue weighted by Gasteiger charge is -2.52. The van der Waals surface area contributed by atoms with Crippen LogP contribution in [-0.2, 0) is 30.7 Å². The number of carbonyl (C=O) groups excluding carboxylic acids is 1. The lowest BCUT2D eigenvalue weighted by atomic mass is 9.95. The number of hydrogen-bond donors (Lipinski definition) is 0. The summed E-state index contributed by atoms with van der Waals surface area (Å²) in [6, 6.07) is 7.63. The van der Waals surface area contributed by atoms with Gasteiger partial charge < -0.3 is 18.9 Å². The third kappa shape index (κ3) is 3.46. The third-order valence-electron chi connectivity index (χ3n) is 5.22. The minimum Gasteiger partial charge on any atom is -0.372 e. The highest BCUT2D eigenvalue weighted by Crippen LogP contribution is 2.33. The predicted octanol–water partition coefficient (Wildman–Crippen LogP) is 0.467. The van der Waals surface area contributed by atoms with Crippen molar-refractivity contribution in [2.75, 3.05) is 38.7 Å². The zero-order valence-electron chi connectivity index (χ0n) is 15.2. The molecule has 27 heavy (non-hydrogen) atoms. The molecule has 146 valence electrons. The van der Waals surface area contributed by atoms with Gasteiger partial charge in [-0.2, -0.15) is 0 Å². The number of benzene rings is 1. The van der Waals surface area contributed by atoms with Crippen LogP contribution in [-0.4, -0.2) is 78.3 Å². The molecular formula is C18H23N3O5S. The number of hydrogen-bond acceptors (Lipinski definition) is 6. The fraction of sp³-hybridized carbons (Fsp3) is 0.556. The second-order valence-electron chi connectivity index (χ2n) is 7.20.